The molecule has 0 spiro atoms. The number of hydrogen-bond acceptors (Lipinski definition) is 3. The molecule has 3 nitrogen and oxygen atoms in total. The normalized spacial score (nSPS) is 11.7. The number of halogens is 2. The van der Waals surface area contributed by atoms with E-state index < -0.39 is 8.07 Å². The van der Waals surface area contributed by atoms with Crippen LogP contribution in [0.1, 0.15) is 0 Å². The molecule has 0 N–H and O–H groups in total. The first kappa shape index (κ1) is 16.1. The number of aromatic nitrogens is 1. The lowest BCUT2D eigenvalue weighted by Gasteiger charge is -2.21. The van der Waals surface area contributed by atoms with Crippen LogP contribution in [-0.2, 0) is 4.74 Å². The molecule has 0 unspecified atom stereocenters. The molecule has 6 heteroatoms. The second-order valence-corrected chi connectivity index (χ2v) is 12.8. The van der Waals surface area contributed by atoms with Gasteiger partial charge in [0.25, 0.3) is 0 Å². The van der Waals surface area contributed by atoms with Gasteiger partial charge in [-0.3, -0.25) is 0 Å². The minimum Gasteiger partial charge on any atom is -0.361 e. The summed E-state index contributed by atoms with van der Waals surface area (Å²) in [6.45, 7) is 8.52. The lowest BCUT2D eigenvalue weighted by atomic mass is 10.4. The molecule has 0 radical (unpaired) electrons. The van der Waals surface area contributed by atoms with Crippen molar-refractivity contribution in [3.8, 4) is 0 Å². The van der Waals surface area contributed by atoms with E-state index in [0.717, 1.165) is 21.5 Å². The largest absolute Gasteiger partial charge is 0.361 e. The van der Waals surface area contributed by atoms with Crippen molar-refractivity contribution in [3.05, 3.63) is 21.3 Å². The van der Waals surface area contributed by atoms with Crippen molar-refractivity contribution >= 4 is 45.6 Å². The van der Waals surface area contributed by atoms with Crippen molar-refractivity contribution in [1.29, 1.82) is 0 Å². The fraction of sp³-hybridized carbons (Fsp3) is 0.583. The zero-order valence-corrected chi connectivity index (χ0v) is 15.5. The predicted octanol–water partition coefficient (Wildman–Crippen LogP) is 4.36. The summed E-state index contributed by atoms with van der Waals surface area (Å²) in [5.74, 6) is 0. The van der Waals surface area contributed by atoms with Gasteiger partial charge >= 0.3 is 0 Å². The molecule has 102 valence electrons. The Labute approximate surface area is 127 Å². The van der Waals surface area contributed by atoms with Gasteiger partial charge < -0.3 is 9.64 Å². The molecule has 0 saturated carbocycles. The summed E-state index contributed by atoms with van der Waals surface area (Å²) in [5.41, 5.74) is 1.08. The van der Waals surface area contributed by atoms with Crippen molar-refractivity contribution < 1.29 is 4.74 Å². The number of ether oxygens (including phenoxy) is 1. The smallest absolute Gasteiger partial charge is 0.118 e. The third-order valence-electron chi connectivity index (χ3n) is 2.47. The Balaban J connectivity index is 2.43. The minimum absolute atomic E-state index is 0.605. The van der Waals surface area contributed by atoms with Gasteiger partial charge in [0.2, 0.25) is 0 Å². The van der Waals surface area contributed by atoms with Gasteiger partial charge in [-0.25, -0.2) is 4.98 Å². The quantitative estimate of drug-likeness (QED) is 0.309. The van der Waals surface area contributed by atoms with E-state index in [1.54, 1.807) is 0 Å². The summed E-state index contributed by atoms with van der Waals surface area (Å²) < 4.78 is 7.36. The van der Waals surface area contributed by atoms with Gasteiger partial charge in [0.05, 0.1) is 0 Å². The Morgan fingerprint density at radius 1 is 1.22 bits per heavy atom. The first-order valence-electron chi connectivity index (χ1n) is 5.90. The van der Waals surface area contributed by atoms with Gasteiger partial charge in [-0.05, 0) is 50.0 Å². The van der Waals surface area contributed by atoms with Crippen LogP contribution in [0.3, 0.4) is 0 Å². The lowest BCUT2D eigenvalue weighted by Crippen LogP contribution is -2.25. The minimum atomic E-state index is -0.995. The monoisotopic (exact) mass is 394 g/mol. The maximum absolute atomic E-state index is 5.72. The molecule has 0 saturated heterocycles. The Morgan fingerprint density at radius 3 is 2.28 bits per heavy atom. The van der Waals surface area contributed by atoms with E-state index in [1.807, 2.05) is 19.2 Å². The van der Waals surface area contributed by atoms with Crippen LogP contribution in [0.15, 0.2) is 21.3 Å². The molecule has 1 aromatic heterocycles. The highest BCUT2D eigenvalue weighted by Gasteiger charge is 2.12. The number of anilines is 1. The first-order valence-corrected chi connectivity index (χ1v) is 11.2. The van der Waals surface area contributed by atoms with Crippen LogP contribution in [0, 0.1) is 0 Å². The Hall–Kier alpha value is 0.0869. The molecule has 0 atom stereocenters. The highest BCUT2D eigenvalue weighted by Crippen LogP contribution is 2.22. The summed E-state index contributed by atoms with van der Waals surface area (Å²) in [6.07, 6.45) is 0. The maximum Gasteiger partial charge on any atom is 0.118 e. The van der Waals surface area contributed by atoms with Crippen molar-refractivity contribution in [2.24, 2.45) is 0 Å². The SMILES string of the molecule is CN(COCC[Si](C)(C)C)c1cc(Br)nc(Br)c1. The van der Waals surface area contributed by atoms with Crippen LogP contribution in [0.2, 0.25) is 25.7 Å². The maximum atomic E-state index is 5.72. The first-order chi connectivity index (χ1) is 8.28. The van der Waals surface area contributed by atoms with Crippen LogP contribution in [0.4, 0.5) is 5.69 Å². The molecular weight excluding hydrogens is 376 g/mol. The molecule has 1 aromatic rings. The van der Waals surface area contributed by atoms with E-state index in [-0.39, 0.29) is 0 Å². The fourth-order valence-electron chi connectivity index (χ4n) is 1.33. The number of pyridine rings is 1. The van der Waals surface area contributed by atoms with Gasteiger partial charge in [-0.2, -0.15) is 0 Å². The van der Waals surface area contributed by atoms with Gasteiger partial charge in [0.15, 0.2) is 0 Å². The Kier molecular flexibility index (Phi) is 6.30. The van der Waals surface area contributed by atoms with Crippen molar-refractivity contribution in [2.45, 2.75) is 25.7 Å². The molecule has 0 aliphatic carbocycles. The van der Waals surface area contributed by atoms with E-state index in [2.05, 4.69) is 61.4 Å². The van der Waals surface area contributed by atoms with Crippen LogP contribution in [-0.4, -0.2) is 33.4 Å². The molecule has 0 aliphatic heterocycles. The molecule has 1 rings (SSSR count). The van der Waals surface area contributed by atoms with E-state index in [9.17, 15) is 0 Å². The standard InChI is InChI=1S/C12H20Br2N2OSi/c1-16(9-17-5-6-18(2,3)4)10-7-11(13)15-12(14)8-10/h7-8H,5-6,9H2,1-4H3. The second kappa shape index (κ2) is 7.03. The molecule has 0 amide bonds. The summed E-state index contributed by atoms with van der Waals surface area (Å²) in [5, 5.41) is 0. The molecule has 1 heterocycles. The zero-order chi connectivity index (χ0) is 13.8. The Bertz CT molecular complexity index is 376. The summed E-state index contributed by atoms with van der Waals surface area (Å²) in [7, 11) is 1.02. The molecule has 0 bridgehead atoms. The molecule has 0 aromatic carbocycles. The molecule has 18 heavy (non-hydrogen) atoms. The van der Waals surface area contributed by atoms with Crippen LogP contribution in [0.25, 0.3) is 0 Å². The lowest BCUT2D eigenvalue weighted by molar-refractivity contribution is 0.150. The number of rotatable bonds is 6. The summed E-state index contributed by atoms with van der Waals surface area (Å²) in [6, 6.07) is 5.16. The third-order valence-corrected chi connectivity index (χ3v) is 4.99. The average Bonchev–Trinajstić information content (AvgIpc) is 2.21. The van der Waals surface area contributed by atoms with E-state index in [0.29, 0.717) is 6.73 Å². The molecular formula is C12H20Br2N2OSi. The number of nitrogens with zero attached hydrogens (tertiary/aromatic N) is 2. The fourth-order valence-corrected chi connectivity index (χ4v) is 3.17. The number of hydrogen-bond donors (Lipinski definition) is 0. The topological polar surface area (TPSA) is 25.4 Å². The Morgan fingerprint density at radius 2 is 1.78 bits per heavy atom. The van der Waals surface area contributed by atoms with E-state index in [1.165, 1.54) is 6.04 Å². The van der Waals surface area contributed by atoms with Crippen LogP contribution < -0.4 is 4.90 Å². The predicted molar refractivity (Wildman–Crippen MR) is 87.0 cm³/mol. The van der Waals surface area contributed by atoms with Gasteiger partial charge in [0.1, 0.15) is 15.9 Å². The van der Waals surface area contributed by atoms with Crippen molar-refractivity contribution in [3.63, 3.8) is 0 Å². The van der Waals surface area contributed by atoms with Crippen LogP contribution in [0.5, 0.6) is 0 Å². The van der Waals surface area contributed by atoms with Crippen LogP contribution >= 0.6 is 31.9 Å². The van der Waals surface area contributed by atoms with Crippen molar-refractivity contribution in [2.75, 3.05) is 25.3 Å². The molecule has 0 fully saturated rings. The van der Waals surface area contributed by atoms with Crippen molar-refractivity contribution in [1.82, 2.24) is 4.98 Å². The summed E-state index contributed by atoms with van der Waals surface area (Å²) >= 11 is 6.77. The zero-order valence-electron chi connectivity index (χ0n) is 11.3. The van der Waals surface area contributed by atoms with Gasteiger partial charge in [-0.1, -0.05) is 19.6 Å². The highest BCUT2D eigenvalue weighted by molar-refractivity contribution is 9.11. The van der Waals surface area contributed by atoms with Gasteiger partial charge in [0, 0.05) is 27.4 Å². The van der Waals surface area contributed by atoms with E-state index in [4.69, 9.17) is 4.74 Å². The third kappa shape index (κ3) is 6.31. The molecule has 0 aliphatic rings. The van der Waals surface area contributed by atoms with E-state index >= 15 is 0 Å². The average molecular weight is 396 g/mol. The second-order valence-electron chi connectivity index (χ2n) is 5.52. The summed E-state index contributed by atoms with van der Waals surface area (Å²) in [4.78, 5) is 6.29. The van der Waals surface area contributed by atoms with Gasteiger partial charge in [-0.15, -0.1) is 0 Å². The highest BCUT2D eigenvalue weighted by atomic mass is 79.9.